The SMILES string of the molecule is CCC(CNC(=O)[C@@H](N)C(C)(C)C)Oc1cccc(F)c1. The van der Waals surface area contributed by atoms with Gasteiger partial charge in [0.15, 0.2) is 0 Å². The van der Waals surface area contributed by atoms with Crippen molar-refractivity contribution in [1.82, 2.24) is 5.32 Å². The molecule has 1 rings (SSSR count). The lowest BCUT2D eigenvalue weighted by molar-refractivity contribution is -0.124. The first kappa shape index (κ1) is 17.4. The number of hydrogen-bond donors (Lipinski definition) is 2. The molecule has 0 fully saturated rings. The molecular weight excluding hydrogens is 271 g/mol. The van der Waals surface area contributed by atoms with Gasteiger partial charge in [0.25, 0.3) is 0 Å². The molecule has 2 atom stereocenters. The molecule has 0 aliphatic heterocycles. The Morgan fingerprint density at radius 2 is 2.10 bits per heavy atom. The van der Waals surface area contributed by atoms with E-state index in [1.165, 1.54) is 12.1 Å². The van der Waals surface area contributed by atoms with Crippen molar-refractivity contribution in [2.45, 2.75) is 46.3 Å². The number of benzene rings is 1. The van der Waals surface area contributed by atoms with E-state index in [2.05, 4.69) is 5.32 Å². The summed E-state index contributed by atoms with van der Waals surface area (Å²) >= 11 is 0. The fourth-order valence-corrected chi connectivity index (χ4v) is 1.72. The second kappa shape index (κ2) is 7.41. The van der Waals surface area contributed by atoms with Crippen LogP contribution in [-0.2, 0) is 4.79 Å². The van der Waals surface area contributed by atoms with Gasteiger partial charge in [-0.25, -0.2) is 4.39 Å². The highest BCUT2D eigenvalue weighted by Crippen LogP contribution is 2.18. The second-order valence-electron chi connectivity index (χ2n) is 6.19. The molecule has 3 N–H and O–H groups in total. The Bertz CT molecular complexity index is 472. The van der Waals surface area contributed by atoms with Crippen LogP contribution >= 0.6 is 0 Å². The topological polar surface area (TPSA) is 64.4 Å². The molecule has 1 unspecified atom stereocenters. The molecule has 21 heavy (non-hydrogen) atoms. The number of rotatable bonds is 6. The number of carbonyl (C=O) groups excluding carboxylic acids is 1. The van der Waals surface area contributed by atoms with Gasteiger partial charge in [0.1, 0.15) is 17.7 Å². The van der Waals surface area contributed by atoms with Crippen molar-refractivity contribution in [3.63, 3.8) is 0 Å². The summed E-state index contributed by atoms with van der Waals surface area (Å²) < 4.78 is 18.8. The van der Waals surface area contributed by atoms with Gasteiger partial charge in [-0.2, -0.15) is 0 Å². The fraction of sp³-hybridized carbons (Fsp3) is 0.562. The Morgan fingerprint density at radius 1 is 1.43 bits per heavy atom. The number of hydrogen-bond acceptors (Lipinski definition) is 3. The van der Waals surface area contributed by atoms with Gasteiger partial charge < -0.3 is 15.8 Å². The molecule has 0 heterocycles. The Balaban J connectivity index is 2.53. The van der Waals surface area contributed by atoms with Crippen LogP contribution in [0.1, 0.15) is 34.1 Å². The third-order valence-electron chi connectivity index (χ3n) is 3.27. The molecule has 5 heteroatoms. The van der Waals surface area contributed by atoms with Gasteiger partial charge in [0, 0.05) is 6.07 Å². The van der Waals surface area contributed by atoms with E-state index in [-0.39, 0.29) is 23.2 Å². The van der Waals surface area contributed by atoms with Gasteiger partial charge in [-0.15, -0.1) is 0 Å². The van der Waals surface area contributed by atoms with Crippen LogP contribution in [0.15, 0.2) is 24.3 Å². The van der Waals surface area contributed by atoms with Crippen LogP contribution < -0.4 is 15.8 Å². The molecule has 1 aromatic rings. The minimum Gasteiger partial charge on any atom is -0.489 e. The molecule has 0 aromatic heterocycles. The zero-order chi connectivity index (χ0) is 16.0. The summed E-state index contributed by atoms with van der Waals surface area (Å²) in [6.45, 7) is 8.03. The standard InChI is InChI=1S/C16H25FN2O2/c1-5-12(21-13-8-6-7-11(17)9-13)10-19-15(20)14(18)16(2,3)4/h6-9,12,14H,5,10,18H2,1-4H3,(H,19,20)/t12?,14-/m1/s1. The van der Waals surface area contributed by atoms with E-state index in [0.29, 0.717) is 18.7 Å². The summed E-state index contributed by atoms with van der Waals surface area (Å²) in [5.74, 6) is -0.0962. The van der Waals surface area contributed by atoms with Crippen LogP contribution in [-0.4, -0.2) is 24.6 Å². The van der Waals surface area contributed by atoms with Crippen LogP contribution in [0.2, 0.25) is 0 Å². The van der Waals surface area contributed by atoms with E-state index in [0.717, 1.165) is 0 Å². The van der Waals surface area contributed by atoms with E-state index in [1.54, 1.807) is 12.1 Å². The maximum absolute atomic E-state index is 13.1. The van der Waals surface area contributed by atoms with Gasteiger partial charge in [-0.3, -0.25) is 4.79 Å². The van der Waals surface area contributed by atoms with Gasteiger partial charge in [0.05, 0.1) is 12.6 Å². The van der Waals surface area contributed by atoms with Crippen LogP contribution in [0.4, 0.5) is 4.39 Å². The van der Waals surface area contributed by atoms with Crippen molar-refractivity contribution >= 4 is 5.91 Å². The molecule has 0 radical (unpaired) electrons. The Morgan fingerprint density at radius 3 is 2.62 bits per heavy atom. The zero-order valence-corrected chi connectivity index (χ0v) is 13.2. The highest BCUT2D eigenvalue weighted by molar-refractivity contribution is 5.82. The predicted molar refractivity (Wildman–Crippen MR) is 81.5 cm³/mol. The average molecular weight is 296 g/mol. The van der Waals surface area contributed by atoms with E-state index < -0.39 is 6.04 Å². The largest absolute Gasteiger partial charge is 0.489 e. The van der Waals surface area contributed by atoms with E-state index in [1.807, 2.05) is 27.7 Å². The molecule has 4 nitrogen and oxygen atoms in total. The van der Waals surface area contributed by atoms with Crippen LogP contribution in [0.25, 0.3) is 0 Å². The van der Waals surface area contributed by atoms with Crippen molar-refractivity contribution < 1.29 is 13.9 Å². The van der Waals surface area contributed by atoms with Crippen LogP contribution in [0, 0.1) is 11.2 Å². The molecule has 1 aromatic carbocycles. The first-order valence-electron chi connectivity index (χ1n) is 7.19. The molecule has 0 saturated heterocycles. The lowest BCUT2D eigenvalue weighted by Crippen LogP contribution is -2.50. The zero-order valence-electron chi connectivity index (χ0n) is 13.2. The van der Waals surface area contributed by atoms with Gasteiger partial charge in [-0.1, -0.05) is 33.8 Å². The van der Waals surface area contributed by atoms with Gasteiger partial charge in [0.2, 0.25) is 5.91 Å². The maximum atomic E-state index is 13.1. The summed E-state index contributed by atoms with van der Waals surface area (Å²) in [7, 11) is 0. The van der Waals surface area contributed by atoms with Crippen molar-refractivity contribution in [2.24, 2.45) is 11.1 Å². The minimum absolute atomic E-state index is 0.205. The van der Waals surface area contributed by atoms with E-state index in [4.69, 9.17) is 10.5 Å². The number of nitrogens with two attached hydrogens (primary N) is 1. The molecule has 118 valence electrons. The Kier molecular flexibility index (Phi) is 6.15. The third-order valence-corrected chi connectivity index (χ3v) is 3.27. The number of amides is 1. The number of ether oxygens (including phenoxy) is 1. The smallest absolute Gasteiger partial charge is 0.237 e. The monoisotopic (exact) mass is 296 g/mol. The van der Waals surface area contributed by atoms with Crippen molar-refractivity contribution in [3.8, 4) is 5.75 Å². The lowest BCUT2D eigenvalue weighted by atomic mass is 9.87. The summed E-state index contributed by atoms with van der Waals surface area (Å²) in [4.78, 5) is 12.0. The quantitative estimate of drug-likeness (QED) is 0.847. The van der Waals surface area contributed by atoms with E-state index in [9.17, 15) is 9.18 Å². The molecule has 0 spiro atoms. The summed E-state index contributed by atoms with van der Waals surface area (Å²) in [5.41, 5.74) is 5.60. The number of nitrogens with one attached hydrogen (secondary N) is 1. The first-order valence-corrected chi connectivity index (χ1v) is 7.19. The fourth-order valence-electron chi connectivity index (χ4n) is 1.72. The Hall–Kier alpha value is -1.62. The maximum Gasteiger partial charge on any atom is 0.237 e. The number of carbonyl (C=O) groups is 1. The molecular formula is C16H25FN2O2. The normalized spacial score (nSPS) is 14.4. The molecule has 0 saturated carbocycles. The molecule has 0 bridgehead atoms. The summed E-state index contributed by atoms with van der Waals surface area (Å²) in [6.07, 6.45) is 0.476. The second-order valence-corrected chi connectivity index (χ2v) is 6.19. The van der Waals surface area contributed by atoms with Crippen LogP contribution in [0.3, 0.4) is 0 Å². The first-order chi connectivity index (χ1) is 9.74. The summed E-state index contributed by atoms with van der Waals surface area (Å²) in [6, 6.07) is 5.38. The molecule has 1 amide bonds. The van der Waals surface area contributed by atoms with Gasteiger partial charge in [-0.05, 0) is 24.0 Å². The number of halogens is 1. The highest BCUT2D eigenvalue weighted by atomic mass is 19.1. The highest BCUT2D eigenvalue weighted by Gasteiger charge is 2.27. The minimum atomic E-state index is -0.579. The van der Waals surface area contributed by atoms with Gasteiger partial charge >= 0.3 is 0 Å². The van der Waals surface area contributed by atoms with Crippen LogP contribution in [0.5, 0.6) is 5.75 Å². The summed E-state index contributed by atoms with van der Waals surface area (Å²) in [5, 5.41) is 2.79. The van der Waals surface area contributed by atoms with Crippen molar-refractivity contribution in [2.75, 3.05) is 6.54 Å². The molecule has 0 aliphatic rings. The van der Waals surface area contributed by atoms with Crippen molar-refractivity contribution in [3.05, 3.63) is 30.1 Å². The Labute approximate surface area is 125 Å². The van der Waals surface area contributed by atoms with E-state index >= 15 is 0 Å². The average Bonchev–Trinajstić information content (AvgIpc) is 2.41. The van der Waals surface area contributed by atoms with Crippen molar-refractivity contribution in [1.29, 1.82) is 0 Å². The molecule has 0 aliphatic carbocycles. The lowest BCUT2D eigenvalue weighted by Gasteiger charge is -2.27. The predicted octanol–water partition coefficient (Wildman–Crippen LogP) is 2.47. The third kappa shape index (κ3) is 5.71.